The van der Waals surface area contributed by atoms with Crippen molar-refractivity contribution in [2.24, 2.45) is 7.05 Å². The van der Waals surface area contributed by atoms with E-state index >= 15 is 0 Å². The van der Waals surface area contributed by atoms with E-state index in [1.54, 1.807) is 18.8 Å². The highest BCUT2D eigenvalue weighted by molar-refractivity contribution is 7.99. The summed E-state index contributed by atoms with van der Waals surface area (Å²) in [5.41, 5.74) is 6.25. The van der Waals surface area contributed by atoms with Crippen molar-refractivity contribution in [1.82, 2.24) is 9.13 Å². The predicted octanol–water partition coefficient (Wildman–Crippen LogP) is 1.02. The van der Waals surface area contributed by atoms with Gasteiger partial charge in [-0.3, -0.25) is 9.36 Å². The first-order chi connectivity index (χ1) is 9.58. The third-order valence-corrected chi connectivity index (χ3v) is 4.81. The number of aromatic nitrogens is 2. The van der Waals surface area contributed by atoms with Crippen molar-refractivity contribution in [1.29, 1.82) is 0 Å². The third-order valence-electron chi connectivity index (χ3n) is 3.56. The third kappa shape index (κ3) is 2.06. The van der Waals surface area contributed by atoms with E-state index in [1.807, 2.05) is 12.1 Å². The minimum absolute atomic E-state index is 0.103. The van der Waals surface area contributed by atoms with Crippen LogP contribution < -0.4 is 17.0 Å². The molecule has 0 bridgehead atoms. The van der Waals surface area contributed by atoms with Crippen LogP contribution in [0.3, 0.4) is 0 Å². The fraction of sp³-hybridized carbons (Fsp3) is 0.286. The molecule has 0 aliphatic carbocycles. The Hall–Kier alpha value is -1.95. The summed E-state index contributed by atoms with van der Waals surface area (Å²) in [6.07, 6.45) is 1.37. The van der Waals surface area contributed by atoms with Gasteiger partial charge in [0.25, 0.3) is 5.56 Å². The molecule has 0 fully saturated rings. The molecule has 0 radical (unpaired) electrons. The maximum atomic E-state index is 12.1. The van der Waals surface area contributed by atoms with Gasteiger partial charge >= 0.3 is 5.69 Å². The smallest absolute Gasteiger partial charge is 0.330 e. The average molecular weight is 289 g/mol. The molecule has 1 aliphatic rings. The van der Waals surface area contributed by atoms with Gasteiger partial charge in [-0.15, -0.1) is 11.8 Å². The molecule has 2 heterocycles. The van der Waals surface area contributed by atoms with Gasteiger partial charge in [-0.05, 0) is 11.6 Å². The topological polar surface area (TPSA) is 70.0 Å². The number of hydrogen-bond acceptors (Lipinski definition) is 4. The van der Waals surface area contributed by atoms with Crippen LogP contribution in [0.1, 0.15) is 11.5 Å². The minimum atomic E-state index is -0.400. The van der Waals surface area contributed by atoms with Crippen molar-refractivity contribution in [3.63, 3.8) is 0 Å². The van der Waals surface area contributed by atoms with Gasteiger partial charge in [0.05, 0.1) is 0 Å². The van der Waals surface area contributed by atoms with E-state index in [-0.39, 0.29) is 17.3 Å². The molecule has 1 atom stereocenters. The molecule has 6 heteroatoms. The molecule has 20 heavy (non-hydrogen) atoms. The van der Waals surface area contributed by atoms with Crippen LogP contribution in [0.25, 0.3) is 0 Å². The summed E-state index contributed by atoms with van der Waals surface area (Å²) in [6, 6.07) is 8.11. The van der Waals surface area contributed by atoms with Gasteiger partial charge in [-0.2, -0.15) is 0 Å². The molecule has 0 spiro atoms. The number of fused-ring (bicyclic) bond motifs is 1. The maximum absolute atomic E-state index is 12.1. The van der Waals surface area contributed by atoms with Gasteiger partial charge in [0.15, 0.2) is 0 Å². The molecule has 104 valence electrons. The van der Waals surface area contributed by atoms with Crippen molar-refractivity contribution >= 4 is 17.4 Å². The summed E-state index contributed by atoms with van der Waals surface area (Å²) in [7, 11) is 1.60. The lowest BCUT2D eigenvalue weighted by molar-refractivity contribution is 0.540. The van der Waals surface area contributed by atoms with Gasteiger partial charge < -0.3 is 10.3 Å². The number of nitrogen functional groups attached to an aromatic ring is 1. The molecular formula is C14H15N3O2S. The Balaban J connectivity index is 2.02. The lowest BCUT2D eigenvalue weighted by atomic mass is 10.0. The molecule has 2 aromatic rings. The van der Waals surface area contributed by atoms with Crippen LogP contribution in [0.4, 0.5) is 5.69 Å². The molecule has 0 saturated heterocycles. The van der Waals surface area contributed by atoms with Crippen molar-refractivity contribution in [2.75, 3.05) is 11.5 Å². The molecule has 0 saturated carbocycles. The highest BCUT2D eigenvalue weighted by atomic mass is 32.2. The number of nitrogens with zero attached hydrogens (tertiary/aromatic N) is 2. The monoisotopic (exact) mass is 289 g/mol. The fourth-order valence-electron chi connectivity index (χ4n) is 2.51. The van der Waals surface area contributed by atoms with Crippen molar-refractivity contribution in [3.05, 3.63) is 56.9 Å². The highest BCUT2D eigenvalue weighted by Gasteiger charge is 2.24. The summed E-state index contributed by atoms with van der Waals surface area (Å²) >= 11 is 1.76. The normalized spacial score (nSPS) is 17.1. The Morgan fingerprint density at radius 2 is 2.10 bits per heavy atom. The largest absolute Gasteiger partial charge is 0.393 e. The first kappa shape index (κ1) is 13.1. The SMILES string of the molecule is Cn1cc(N)c(=O)n(CC2CSc3ccccc32)c1=O. The molecule has 2 N–H and O–H groups in total. The van der Waals surface area contributed by atoms with E-state index in [2.05, 4.69) is 12.1 Å². The molecule has 1 aliphatic heterocycles. The van der Waals surface area contributed by atoms with Crippen LogP contribution in [0.2, 0.25) is 0 Å². The highest BCUT2D eigenvalue weighted by Crippen LogP contribution is 2.39. The second kappa shape index (κ2) is 4.86. The van der Waals surface area contributed by atoms with E-state index in [9.17, 15) is 9.59 Å². The van der Waals surface area contributed by atoms with E-state index in [0.717, 1.165) is 5.75 Å². The lowest BCUT2D eigenvalue weighted by Gasteiger charge is -2.13. The molecular weight excluding hydrogens is 274 g/mol. The summed E-state index contributed by atoms with van der Waals surface area (Å²) in [5.74, 6) is 1.05. The molecule has 1 unspecified atom stereocenters. The van der Waals surface area contributed by atoms with Gasteiger partial charge in [0, 0.05) is 36.4 Å². The number of hydrogen-bond donors (Lipinski definition) is 1. The van der Waals surface area contributed by atoms with Crippen molar-refractivity contribution in [2.45, 2.75) is 17.4 Å². The first-order valence-electron chi connectivity index (χ1n) is 6.35. The van der Waals surface area contributed by atoms with Gasteiger partial charge in [-0.1, -0.05) is 18.2 Å². The number of rotatable bonds is 2. The average Bonchev–Trinajstić information content (AvgIpc) is 2.85. The maximum Gasteiger partial charge on any atom is 0.330 e. The Morgan fingerprint density at radius 3 is 2.90 bits per heavy atom. The summed E-state index contributed by atoms with van der Waals surface area (Å²) in [4.78, 5) is 25.4. The summed E-state index contributed by atoms with van der Waals surface area (Å²) in [5, 5.41) is 0. The van der Waals surface area contributed by atoms with Crippen LogP contribution in [-0.2, 0) is 13.6 Å². The zero-order chi connectivity index (χ0) is 14.3. The molecule has 5 nitrogen and oxygen atoms in total. The van der Waals surface area contributed by atoms with E-state index in [1.165, 1.54) is 25.8 Å². The van der Waals surface area contributed by atoms with Crippen LogP contribution in [0.5, 0.6) is 0 Å². The van der Waals surface area contributed by atoms with E-state index in [0.29, 0.717) is 6.54 Å². The number of benzene rings is 1. The van der Waals surface area contributed by atoms with E-state index < -0.39 is 5.56 Å². The predicted molar refractivity (Wildman–Crippen MR) is 80.3 cm³/mol. The van der Waals surface area contributed by atoms with Crippen molar-refractivity contribution in [3.8, 4) is 0 Å². The molecule has 1 aromatic heterocycles. The Kier molecular flexibility index (Phi) is 3.17. The standard InChI is InChI=1S/C14H15N3O2S/c1-16-7-11(15)13(18)17(14(16)19)6-9-8-20-12-5-3-2-4-10(9)12/h2-5,7,9H,6,8,15H2,1H3. The van der Waals surface area contributed by atoms with Crippen LogP contribution in [0.15, 0.2) is 44.9 Å². The zero-order valence-electron chi connectivity index (χ0n) is 11.1. The Labute approximate surface area is 120 Å². The number of anilines is 1. The fourth-order valence-corrected chi connectivity index (χ4v) is 3.76. The quantitative estimate of drug-likeness (QED) is 0.896. The molecule has 0 amide bonds. The van der Waals surface area contributed by atoms with Gasteiger partial charge in [0.1, 0.15) is 5.69 Å². The molecule has 1 aromatic carbocycles. The summed E-state index contributed by atoms with van der Waals surface area (Å²) in [6.45, 7) is 0.376. The Bertz CT molecular complexity index is 744. The van der Waals surface area contributed by atoms with Crippen LogP contribution >= 0.6 is 11.8 Å². The van der Waals surface area contributed by atoms with Gasteiger partial charge in [0.2, 0.25) is 0 Å². The summed E-state index contributed by atoms with van der Waals surface area (Å²) < 4.78 is 2.59. The van der Waals surface area contributed by atoms with Crippen LogP contribution in [0, 0.1) is 0 Å². The first-order valence-corrected chi connectivity index (χ1v) is 7.34. The van der Waals surface area contributed by atoms with E-state index in [4.69, 9.17) is 5.73 Å². The van der Waals surface area contributed by atoms with Gasteiger partial charge in [-0.25, -0.2) is 4.79 Å². The lowest BCUT2D eigenvalue weighted by Crippen LogP contribution is -2.41. The molecule has 3 rings (SSSR count). The second-order valence-corrected chi connectivity index (χ2v) is 6.00. The Morgan fingerprint density at radius 1 is 1.35 bits per heavy atom. The minimum Gasteiger partial charge on any atom is -0.393 e. The second-order valence-electron chi connectivity index (χ2n) is 4.94. The van der Waals surface area contributed by atoms with Crippen LogP contribution in [-0.4, -0.2) is 14.9 Å². The number of thioether (sulfide) groups is 1. The number of aryl methyl sites for hydroxylation is 1. The zero-order valence-corrected chi connectivity index (χ0v) is 11.9. The van der Waals surface area contributed by atoms with Crippen molar-refractivity contribution < 1.29 is 0 Å². The number of nitrogens with two attached hydrogens (primary N) is 1.